The number of halogens is 1. The molecule has 7 nitrogen and oxygen atoms in total. The SMILES string of the molecule is CCC(CC)(CNC(=NC)NCCNC(C)(C)C)NC(=O)OC(C)(C)C.I. The van der Waals surface area contributed by atoms with Crippen LogP contribution >= 0.6 is 24.0 Å². The van der Waals surface area contributed by atoms with Crippen LogP contribution in [0.3, 0.4) is 0 Å². The number of alkyl carbamates (subject to hydrolysis) is 1. The fraction of sp³-hybridized carbons (Fsp3) is 0.895. The molecule has 162 valence electrons. The molecule has 4 N–H and O–H groups in total. The highest BCUT2D eigenvalue weighted by Gasteiger charge is 2.30. The van der Waals surface area contributed by atoms with Gasteiger partial charge in [0.05, 0.1) is 5.54 Å². The Bertz CT molecular complexity index is 452. The molecule has 1 amide bonds. The number of nitrogens with zero attached hydrogens (tertiary/aromatic N) is 1. The smallest absolute Gasteiger partial charge is 0.408 e. The van der Waals surface area contributed by atoms with Gasteiger partial charge in [-0.25, -0.2) is 4.79 Å². The molecular weight excluding hydrogens is 457 g/mol. The van der Waals surface area contributed by atoms with E-state index in [0.717, 1.165) is 31.9 Å². The Morgan fingerprint density at radius 2 is 1.52 bits per heavy atom. The van der Waals surface area contributed by atoms with Crippen molar-refractivity contribution in [2.75, 3.05) is 26.7 Å². The van der Waals surface area contributed by atoms with Crippen LogP contribution in [0.5, 0.6) is 0 Å². The number of ether oxygens (including phenoxy) is 1. The van der Waals surface area contributed by atoms with Crippen LogP contribution in [-0.4, -0.2) is 55.4 Å². The minimum Gasteiger partial charge on any atom is -0.444 e. The molecule has 0 aromatic rings. The van der Waals surface area contributed by atoms with Gasteiger partial charge in [-0.3, -0.25) is 4.99 Å². The maximum absolute atomic E-state index is 12.2. The molecule has 0 radical (unpaired) electrons. The first-order chi connectivity index (χ1) is 11.9. The topological polar surface area (TPSA) is 86.8 Å². The predicted molar refractivity (Wildman–Crippen MR) is 125 cm³/mol. The molecular formula is C19H42IN5O2. The van der Waals surface area contributed by atoms with E-state index in [1.165, 1.54) is 0 Å². The van der Waals surface area contributed by atoms with E-state index in [1.54, 1.807) is 7.05 Å². The van der Waals surface area contributed by atoms with E-state index in [1.807, 2.05) is 20.8 Å². The second kappa shape index (κ2) is 12.6. The molecule has 0 saturated heterocycles. The molecule has 27 heavy (non-hydrogen) atoms. The second-order valence-electron chi connectivity index (χ2n) is 8.64. The lowest BCUT2D eigenvalue weighted by atomic mass is 9.93. The monoisotopic (exact) mass is 499 g/mol. The summed E-state index contributed by atoms with van der Waals surface area (Å²) in [6.07, 6.45) is 1.19. The van der Waals surface area contributed by atoms with Crippen molar-refractivity contribution in [2.45, 2.75) is 84.9 Å². The van der Waals surface area contributed by atoms with E-state index in [9.17, 15) is 4.79 Å². The number of nitrogens with one attached hydrogen (secondary N) is 4. The van der Waals surface area contributed by atoms with E-state index >= 15 is 0 Å². The minimum atomic E-state index is -0.512. The Morgan fingerprint density at radius 3 is 1.93 bits per heavy atom. The zero-order chi connectivity index (χ0) is 20.4. The van der Waals surface area contributed by atoms with Crippen LogP contribution in [0, 0.1) is 0 Å². The summed E-state index contributed by atoms with van der Waals surface area (Å²) in [5.74, 6) is 0.720. The number of carbonyl (C=O) groups excluding carboxylic acids is 1. The number of carbonyl (C=O) groups is 1. The van der Waals surface area contributed by atoms with Crippen molar-refractivity contribution in [2.24, 2.45) is 4.99 Å². The normalized spacial score (nSPS) is 12.9. The summed E-state index contributed by atoms with van der Waals surface area (Å²) in [6.45, 7) is 18.3. The number of guanidine groups is 1. The van der Waals surface area contributed by atoms with Gasteiger partial charge in [-0.05, 0) is 54.4 Å². The third-order valence-electron chi connectivity index (χ3n) is 4.01. The van der Waals surface area contributed by atoms with Gasteiger partial charge in [0.2, 0.25) is 0 Å². The lowest BCUT2D eigenvalue weighted by Gasteiger charge is -2.34. The van der Waals surface area contributed by atoms with Crippen LogP contribution in [0.1, 0.15) is 68.2 Å². The molecule has 0 rings (SSSR count). The van der Waals surface area contributed by atoms with Crippen LogP contribution in [0.2, 0.25) is 0 Å². The summed E-state index contributed by atoms with van der Waals surface area (Å²) in [6, 6.07) is 0. The van der Waals surface area contributed by atoms with E-state index < -0.39 is 5.60 Å². The van der Waals surface area contributed by atoms with E-state index in [2.05, 4.69) is 60.9 Å². The molecule has 0 atom stereocenters. The standard InChI is InChI=1S/C19H41N5O2.HI/c1-10-19(11-2,24-16(25)26-18(6,7)8)14-22-15(20-9)21-12-13-23-17(3,4)5;/h23H,10-14H2,1-9H3,(H,24,25)(H2,20,21,22);1H. The van der Waals surface area contributed by atoms with Gasteiger partial charge in [0.15, 0.2) is 5.96 Å². The lowest BCUT2D eigenvalue weighted by molar-refractivity contribution is 0.0448. The molecule has 0 aromatic carbocycles. The fourth-order valence-electron chi connectivity index (χ4n) is 2.33. The zero-order valence-corrected chi connectivity index (χ0v) is 21.0. The second-order valence-corrected chi connectivity index (χ2v) is 8.64. The summed E-state index contributed by atoms with van der Waals surface area (Å²) >= 11 is 0. The molecule has 0 spiro atoms. The number of aliphatic imine (C=N–C) groups is 1. The van der Waals surface area contributed by atoms with Crippen LogP contribution in [-0.2, 0) is 4.74 Å². The Morgan fingerprint density at radius 1 is 0.963 bits per heavy atom. The van der Waals surface area contributed by atoms with E-state index in [0.29, 0.717) is 6.54 Å². The third-order valence-corrected chi connectivity index (χ3v) is 4.01. The first-order valence-electron chi connectivity index (χ1n) is 9.57. The molecule has 0 unspecified atom stereocenters. The Kier molecular flexibility index (Phi) is 13.3. The van der Waals surface area contributed by atoms with Crippen molar-refractivity contribution in [1.29, 1.82) is 0 Å². The lowest BCUT2D eigenvalue weighted by Crippen LogP contribution is -2.57. The number of rotatable bonds is 8. The van der Waals surface area contributed by atoms with Gasteiger partial charge in [-0.2, -0.15) is 0 Å². The average molecular weight is 499 g/mol. The van der Waals surface area contributed by atoms with Crippen LogP contribution < -0.4 is 21.3 Å². The van der Waals surface area contributed by atoms with Crippen molar-refractivity contribution in [3.63, 3.8) is 0 Å². The molecule has 0 fully saturated rings. The summed E-state index contributed by atoms with van der Waals surface area (Å²) < 4.78 is 5.41. The summed E-state index contributed by atoms with van der Waals surface area (Å²) in [5, 5.41) is 13.1. The maximum atomic E-state index is 12.2. The largest absolute Gasteiger partial charge is 0.444 e. The first kappa shape index (κ1) is 28.4. The van der Waals surface area contributed by atoms with Gasteiger partial charge in [0.25, 0.3) is 0 Å². The Balaban J connectivity index is 0. The van der Waals surface area contributed by atoms with E-state index in [4.69, 9.17) is 4.74 Å². The number of hydrogen-bond acceptors (Lipinski definition) is 4. The van der Waals surface area contributed by atoms with Crippen molar-refractivity contribution in [1.82, 2.24) is 21.3 Å². The predicted octanol–water partition coefficient (Wildman–Crippen LogP) is 3.24. The molecule has 0 aliphatic rings. The molecule has 0 bridgehead atoms. The maximum Gasteiger partial charge on any atom is 0.408 e. The average Bonchev–Trinajstić information content (AvgIpc) is 2.50. The molecule has 0 aromatic heterocycles. The molecule has 0 aliphatic carbocycles. The fourth-order valence-corrected chi connectivity index (χ4v) is 2.33. The van der Waals surface area contributed by atoms with Crippen LogP contribution in [0.15, 0.2) is 4.99 Å². The van der Waals surface area contributed by atoms with Gasteiger partial charge in [0.1, 0.15) is 5.60 Å². The highest BCUT2D eigenvalue weighted by molar-refractivity contribution is 14.0. The van der Waals surface area contributed by atoms with Crippen molar-refractivity contribution in [3.05, 3.63) is 0 Å². The summed E-state index contributed by atoms with van der Waals surface area (Å²) in [4.78, 5) is 16.5. The minimum absolute atomic E-state index is 0. The molecule has 8 heteroatoms. The number of amides is 1. The molecule has 0 heterocycles. The summed E-state index contributed by atoms with van der Waals surface area (Å²) in [7, 11) is 1.74. The van der Waals surface area contributed by atoms with Crippen molar-refractivity contribution >= 4 is 36.0 Å². The van der Waals surface area contributed by atoms with Gasteiger partial charge < -0.3 is 26.0 Å². The van der Waals surface area contributed by atoms with Gasteiger partial charge >= 0.3 is 6.09 Å². The molecule has 0 saturated carbocycles. The zero-order valence-electron chi connectivity index (χ0n) is 18.7. The Labute approximate surface area is 183 Å². The van der Waals surface area contributed by atoms with Gasteiger partial charge in [-0.1, -0.05) is 13.8 Å². The highest BCUT2D eigenvalue weighted by atomic mass is 127. The van der Waals surface area contributed by atoms with Crippen LogP contribution in [0.4, 0.5) is 4.79 Å². The van der Waals surface area contributed by atoms with Gasteiger partial charge in [0, 0.05) is 32.2 Å². The van der Waals surface area contributed by atoms with Crippen LogP contribution in [0.25, 0.3) is 0 Å². The molecule has 0 aliphatic heterocycles. The number of hydrogen-bond donors (Lipinski definition) is 4. The van der Waals surface area contributed by atoms with E-state index in [-0.39, 0.29) is 41.1 Å². The third kappa shape index (κ3) is 14.0. The highest BCUT2D eigenvalue weighted by Crippen LogP contribution is 2.16. The first-order valence-corrected chi connectivity index (χ1v) is 9.57. The van der Waals surface area contributed by atoms with Crippen molar-refractivity contribution in [3.8, 4) is 0 Å². The van der Waals surface area contributed by atoms with Crippen molar-refractivity contribution < 1.29 is 9.53 Å². The summed E-state index contributed by atoms with van der Waals surface area (Å²) in [5.41, 5.74) is -0.804. The Hall–Kier alpha value is -0.770. The van der Waals surface area contributed by atoms with Gasteiger partial charge in [-0.15, -0.1) is 24.0 Å². The quantitative estimate of drug-likeness (QED) is 0.178.